The molecule has 2 N–H and O–H groups in total. The van der Waals surface area contributed by atoms with Crippen LogP contribution in [0.4, 0.5) is 10.1 Å². The molecule has 6 nitrogen and oxygen atoms in total. The molecule has 0 unspecified atom stereocenters. The maximum absolute atomic E-state index is 16.0. The third-order valence-corrected chi connectivity index (χ3v) is 9.74. The van der Waals surface area contributed by atoms with E-state index in [-0.39, 0.29) is 28.6 Å². The van der Waals surface area contributed by atoms with E-state index in [1.807, 2.05) is 18.2 Å². The Balaban J connectivity index is 1.40. The van der Waals surface area contributed by atoms with Crippen LogP contribution in [0.5, 0.6) is 0 Å². The molecule has 2 saturated heterocycles. The van der Waals surface area contributed by atoms with Crippen LogP contribution in [0, 0.1) is 11.7 Å². The Morgan fingerprint density at radius 1 is 1.07 bits per heavy atom. The molecule has 4 aliphatic rings. The van der Waals surface area contributed by atoms with Crippen molar-refractivity contribution >= 4 is 40.8 Å². The average Bonchev–Trinajstić information content (AvgIpc) is 3.51. The fourth-order valence-corrected chi connectivity index (χ4v) is 7.76. The highest BCUT2D eigenvalue weighted by Gasteiger charge is 2.69. The Kier molecular flexibility index (Phi) is 6.20. The predicted molar refractivity (Wildman–Crippen MR) is 151 cm³/mol. The number of nitrogens with one attached hydrogen (secondary N) is 1. The van der Waals surface area contributed by atoms with Crippen LogP contribution in [-0.2, 0) is 16.9 Å². The van der Waals surface area contributed by atoms with Gasteiger partial charge in [0.1, 0.15) is 11.4 Å². The fraction of sp³-hybridized carbons (Fsp3) is 0.355. The number of amides is 1. The molecule has 4 atom stereocenters. The van der Waals surface area contributed by atoms with Crippen LogP contribution in [0.25, 0.3) is 0 Å². The second kappa shape index (κ2) is 9.55. The lowest BCUT2D eigenvalue weighted by Gasteiger charge is -2.41. The highest BCUT2D eigenvalue weighted by Crippen LogP contribution is 2.61. The van der Waals surface area contributed by atoms with Crippen LogP contribution in [-0.4, -0.2) is 52.0 Å². The van der Waals surface area contributed by atoms with Crippen molar-refractivity contribution in [3.8, 4) is 0 Å². The second-order valence-electron chi connectivity index (χ2n) is 11.4. The first-order valence-electron chi connectivity index (χ1n) is 13.7. The number of carboxylic acids is 1. The standard InChI is InChI=1S/C31H28Cl2FN3O3/c32-20-10-11-22-24(14-20)35-30(40)31(22)26(21-2-1-3-23(33)27(21)34)28-25(37(31)16-18-4-5-18)12-13-36(28)15-17-6-8-19(9-7-17)29(38)39/h1-3,6-11,14,18,25-26,28H,4-5,12-13,15-16H2,(H,35,40)(H,38,39)/t25-,26-,28+,31+/m0/s1. The minimum Gasteiger partial charge on any atom is -0.478 e. The zero-order valence-electron chi connectivity index (χ0n) is 21.6. The van der Waals surface area contributed by atoms with Gasteiger partial charge in [-0.15, -0.1) is 0 Å². The van der Waals surface area contributed by atoms with Gasteiger partial charge >= 0.3 is 5.97 Å². The lowest BCUT2D eigenvalue weighted by molar-refractivity contribution is -0.128. The zero-order chi connectivity index (χ0) is 27.8. The van der Waals surface area contributed by atoms with Crippen molar-refractivity contribution in [1.82, 2.24) is 9.80 Å². The Morgan fingerprint density at radius 3 is 2.58 bits per heavy atom. The van der Waals surface area contributed by atoms with E-state index in [4.69, 9.17) is 23.2 Å². The molecular weight excluding hydrogens is 552 g/mol. The summed E-state index contributed by atoms with van der Waals surface area (Å²) in [6.07, 6.45) is 3.07. The van der Waals surface area contributed by atoms with Crippen molar-refractivity contribution in [2.45, 2.75) is 49.3 Å². The van der Waals surface area contributed by atoms with E-state index in [1.54, 1.807) is 42.5 Å². The van der Waals surface area contributed by atoms with E-state index >= 15 is 4.39 Å². The van der Waals surface area contributed by atoms with Gasteiger partial charge in [-0.2, -0.15) is 0 Å². The quantitative estimate of drug-likeness (QED) is 0.367. The normalized spacial score (nSPS) is 27.7. The maximum Gasteiger partial charge on any atom is 0.335 e. The predicted octanol–water partition coefficient (Wildman–Crippen LogP) is 6.13. The van der Waals surface area contributed by atoms with Gasteiger partial charge in [0, 0.05) is 53.9 Å². The van der Waals surface area contributed by atoms with Gasteiger partial charge in [-0.25, -0.2) is 9.18 Å². The number of aromatic carboxylic acids is 1. The molecule has 1 aliphatic carbocycles. The Hall–Kier alpha value is -2.97. The Bertz CT molecular complexity index is 1530. The summed E-state index contributed by atoms with van der Waals surface area (Å²) in [6.45, 7) is 2.10. The number of carboxylic acid groups (broad SMARTS) is 1. The summed E-state index contributed by atoms with van der Waals surface area (Å²) in [6, 6.07) is 17.3. The molecule has 3 fully saturated rings. The number of halogens is 3. The number of likely N-dealkylation sites (tertiary alicyclic amines) is 2. The third kappa shape index (κ3) is 3.90. The van der Waals surface area contributed by atoms with Crippen molar-refractivity contribution in [2.75, 3.05) is 18.4 Å². The molecule has 9 heteroatoms. The first-order valence-corrected chi connectivity index (χ1v) is 14.4. The maximum atomic E-state index is 16.0. The van der Waals surface area contributed by atoms with Crippen molar-refractivity contribution in [1.29, 1.82) is 0 Å². The van der Waals surface area contributed by atoms with E-state index in [2.05, 4.69) is 15.1 Å². The van der Waals surface area contributed by atoms with Gasteiger partial charge in [-0.05, 0) is 66.6 Å². The van der Waals surface area contributed by atoms with Crippen LogP contribution in [0.1, 0.15) is 52.2 Å². The van der Waals surface area contributed by atoms with Gasteiger partial charge in [0.15, 0.2) is 0 Å². The van der Waals surface area contributed by atoms with Gasteiger partial charge in [0.05, 0.1) is 10.6 Å². The molecule has 0 aromatic heterocycles. The van der Waals surface area contributed by atoms with E-state index in [0.29, 0.717) is 28.7 Å². The van der Waals surface area contributed by atoms with Crippen LogP contribution in [0.3, 0.4) is 0 Å². The minimum absolute atomic E-state index is 0.0228. The molecule has 3 heterocycles. The monoisotopic (exact) mass is 579 g/mol. The number of hydrogen-bond donors (Lipinski definition) is 2. The number of benzene rings is 3. The van der Waals surface area contributed by atoms with Crippen molar-refractivity contribution < 1.29 is 19.1 Å². The topological polar surface area (TPSA) is 72.9 Å². The molecule has 0 bridgehead atoms. The van der Waals surface area contributed by atoms with Gasteiger partial charge in [-0.3, -0.25) is 14.6 Å². The van der Waals surface area contributed by atoms with Gasteiger partial charge in [-0.1, -0.05) is 53.5 Å². The number of fused-ring (bicyclic) bond motifs is 3. The molecule has 1 spiro atoms. The molecule has 7 rings (SSSR count). The highest BCUT2D eigenvalue weighted by atomic mass is 35.5. The number of anilines is 1. The number of carbonyl (C=O) groups is 2. The molecule has 3 aromatic rings. The van der Waals surface area contributed by atoms with E-state index in [0.717, 1.165) is 43.5 Å². The summed E-state index contributed by atoms with van der Waals surface area (Å²) in [4.78, 5) is 30.4. The Morgan fingerprint density at radius 2 is 1.85 bits per heavy atom. The van der Waals surface area contributed by atoms with Crippen LogP contribution in [0.15, 0.2) is 60.7 Å². The lowest BCUT2D eigenvalue weighted by Crippen LogP contribution is -2.53. The van der Waals surface area contributed by atoms with Crippen LogP contribution in [0.2, 0.25) is 10.0 Å². The average molecular weight is 580 g/mol. The van der Waals surface area contributed by atoms with E-state index < -0.39 is 23.2 Å². The number of rotatable bonds is 6. The van der Waals surface area contributed by atoms with Crippen molar-refractivity contribution in [3.63, 3.8) is 0 Å². The van der Waals surface area contributed by atoms with Crippen molar-refractivity contribution in [2.24, 2.45) is 5.92 Å². The van der Waals surface area contributed by atoms with E-state index in [1.165, 1.54) is 0 Å². The summed E-state index contributed by atoms with van der Waals surface area (Å²) in [5.74, 6) is -1.65. The first kappa shape index (κ1) is 26.0. The highest BCUT2D eigenvalue weighted by molar-refractivity contribution is 6.31. The number of hydrogen-bond acceptors (Lipinski definition) is 4. The molecule has 206 valence electrons. The molecular formula is C31H28Cl2FN3O3. The second-order valence-corrected chi connectivity index (χ2v) is 12.3. The summed E-state index contributed by atoms with van der Waals surface area (Å²) in [7, 11) is 0. The third-order valence-electron chi connectivity index (χ3n) is 9.21. The summed E-state index contributed by atoms with van der Waals surface area (Å²) in [5, 5.41) is 13.0. The van der Waals surface area contributed by atoms with Crippen LogP contribution < -0.4 is 5.32 Å². The molecule has 40 heavy (non-hydrogen) atoms. The molecule has 3 aliphatic heterocycles. The smallest absolute Gasteiger partial charge is 0.335 e. The minimum atomic E-state index is -1.12. The first-order chi connectivity index (χ1) is 19.3. The molecule has 1 saturated carbocycles. The summed E-state index contributed by atoms with van der Waals surface area (Å²) >= 11 is 12.7. The SMILES string of the molecule is O=C(O)c1ccc(CN2CC[C@H]3[C@@H]2[C@H](c2cccc(Cl)c2F)[C@]2(C(=O)Nc4cc(Cl)ccc42)N3CC2CC2)cc1. The number of carbonyl (C=O) groups excluding carboxylic acids is 1. The van der Waals surface area contributed by atoms with Gasteiger partial charge < -0.3 is 10.4 Å². The number of nitrogens with zero attached hydrogens (tertiary/aromatic N) is 2. The molecule has 3 aromatic carbocycles. The van der Waals surface area contributed by atoms with Gasteiger partial charge in [0.2, 0.25) is 5.91 Å². The molecule has 1 amide bonds. The fourth-order valence-electron chi connectivity index (χ4n) is 7.41. The van der Waals surface area contributed by atoms with Gasteiger partial charge in [0.25, 0.3) is 0 Å². The molecule has 0 radical (unpaired) electrons. The van der Waals surface area contributed by atoms with E-state index in [9.17, 15) is 14.7 Å². The van der Waals surface area contributed by atoms with Crippen LogP contribution >= 0.6 is 23.2 Å². The Labute approximate surface area is 241 Å². The summed E-state index contributed by atoms with van der Waals surface area (Å²) in [5.41, 5.74) is 2.01. The zero-order valence-corrected chi connectivity index (χ0v) is 23.1. The van der Waals surface area contributed by atoms with Crippen molar-refractivity contribution in [3.05, 3.63) is 98.8 Å². The largest absolute Gasteiger partial charge is 0.478 e. The summed E-state index contributed by atoms with van der Waals surface area (Å²) < 4.78 is 16.0. The lowest BCUT2D eigenvalue weighted by atomic mass is 9.73.